The third kappa shape index (κ3) is 4.91. The van der Waals surface area contributed by atoms with E-state index in [1.54, 1.807) is 29.2 Å². The average molecular weight is 474 g/mol. The second kappa shape index (κ2) is 9.46. The SMILES string of the molecule is COCc1nc2cc(C(F)(F)F)ccc2n1C1CCN(C(=O)c2ccc(NC(C)=O)cc2)CC1. The number of nitrogens with zero attached hydrogens (tertiary/aromatic N) is 3. The van der Waals surface area contributed by atoms with Gasteiger partial charge in [0.1, 0.15) is 12.4 Å². The molecule has 0 saturated carbocycles. The van der Waals surface area contributed by atoms with E-state index in [0.717, 1.165) is 12.1 Å². The lowest BCUT2D eigenvalue weighted by atomic mass is 10.0. The van der Waals surface area contributed by atoms with E-state index in [1.165, 1.54) is 20.1 Å². The van der Waals surface area contributed by atoms with E-state index in [9.17, 15) is 22.8 Å². The van der Waals surface area contributed by atoms with Crippen LogP contribution in [0.3, 0.4) is 0 Å². The summed E-state index contributed by atoms with van der Waals surface area (Å²) in [6, 6.07) is 10.3. The van der Waals surface area contributed by atoms with Crippen LogP contribution in [0, 0.1) is 0 Å². The van der Waals surface area contributed by atoms with Crippen LogP contribution in [0.1, 0.15) is 47.6 Å². The molecule has 2 heterocycles. The van der Waals surface area contributed by atoms with Gasteiger partial charge in [-0.1, -0.05) is 0 Å². The number of alkyl halides is 3. The minimum absolute atomic E-state index is 0.0157. The summed E-state index contributed by atoms with van der Waals surface area (Å²) in [5.74, 6) is 0.279. The zero-order valence-corrected chi connectivity index (χ0v) is 18.9. The third-order valence-electron chi connectivity index (χ3n) is 5.93. The molecule has 0 unspecified atom stereocenters. The predicted octanol–water partition coefficient (Wildman–Crippen LogP) is 4.64. The van der Waals surface area contributed by atoms with Crippen LogP contribution in [0.4, 0.5) is 18.9 Å². The number of hydrogen-bond acceptors (Lipinski definition) is 4. The molecule has 3 aromatic rings. The van der Waals surface area contributed by atoms with Crippen LogP contribution in [-0.4, -0.2) is 46.5 Å². The van der Waals surface area contributed by atoms with Crippen molar-refractivity contribution in [2.45, 2.75) is 38.6 Å². The second-order valence-electron chi connectivity index (χ2n) is 8.31. The third-order valence-corrected chi connectivity index (χ3v) is 5.93. The zero-order chi connectivity index (χ0) is 24.5. The van der Waals surface area contributed by atoms with Gasteiger partial charge < -0.3 is 19.5 Å². The number of rotatable bonds is 5. The van der Waals surface area contributed by atoms with Gasteiger partial charge in [-0.3, -0.25) is 9.59 Å². The van der Waals surface area contributed by atoms with E-state index in [-0.39, 0.29) is 30.0 Å². The van der Waals surface area contributed by atoms with Crippen molar-refractivity contribution in [1.82, 2.24) is 14.5 Å². The second-order valence-corrected chi connectivity index (χ2v) is 8.31. The Bertz CT molecular complexity index is 1200. The fourth-order valence-electron chi connectivity index (χ4n) is 4.37. The maximum Gasteiger partial charge on any atom is 0.416 e. The van der Waals surface area contributed by atoms with Crippen LogP contribution in [0.25, 0.3) is 11.0 Å². The molecule has 1 fully saturated rings. The molecule has 4 rings (SSSR count). The van der Waals surface area contributed by atoms with Crippen LogP contribution >= 0.6 is 0 Å². The van der Waals surface area contributed by atoms with Crippen molar-refractivity contribution in [1.29, 1.82) is 0 Å². The Morgan fingerprint density at radius 2 is 1.79 bits per heavy atom. The van der Waals surface area contributed by atoms with Crippen molar-refractivity contribution < 1.29 is 27.5 Å². The molecule has 1 aromatic heterocycles. The fraction of sp³-hybridized carbons (Fsp3) is 0.375. The number of methoxy groups -OCH3 is 1. The summed E-state index contributed by atoms with van der Waals surface area (Å²) in [4.78, 5) is 30.3. The van der Waals surface area contributed by atoms with Crippen LogP contribution in [0.5, 0.6) is 0 Å². The number of hydrogen-bond donors (Lipinski definition) is 1. The van der Waals surface area contributed by atoms with Gasteiger partial charge in [0, 0.05) is 44.4 Å². The molecular weight excluding hydrogens is 449 g/mol. The zero-order valence-electron chi connectivity index (χ0n) is 18.9. The van der Waals surface area contributed by atoms with Crippen molar-refractivity contribution in [3.8, 4) is 0 Å². The molecule has 1 N–H and O–H groups in total. The van der Waals surface area contributed by atoms with E-state index in [0.29, 0.717) is 48.5 Å². The quantitative estimate of drug-likeness (QED) is 0.585. The van der Waals surface area contributed by atoms with Gasteiger partial charge in [0.05, 0.1) is 16.6 Å². The number of fused-ring (bicyclic) bond motifs is 1. The molecule has 1 saturated heterocycles. The van der Waals surface area contributed by atoms with Crippen LogP contribution in [0.15, 0.2) is 42.5 Å². The summed E-state index contributed by atoms with van der Waals surface area (Å²) < 4.78 is 46.6. The van der Waals surface area contributed by atoms with Gasteiger partial charge in [-0.05, 0) is 55.3 Å². The monoisotopic (exact) mass is 474 g/mol. The Balaban J connectivity index is 1.51. The Labute approximate surface area is 194 Å². The molecule has 7 nitrogen and oxygen atoms in total. The number of amides is 2. The van der Waals surface area contributed by atoms with Crippen LogP contribution in [-0.2, 0) is 22.3 Å². The van der Waals surface area contributed by atoms with Gasteiger partial charge in [0.15, 0.2) is 0 Å². The van der Waals surface area contributed by atoms with E-state index >= 15 is 0 Å². The Morgan fingerprint density at radius 1 is 1.12 bits per heavy atom. The number of likely N-dealkylation sites (tertiary alicyclic amines) is 1. The van der Waals surface area contributed by atoms with Gasteiger partial charge in [-0.25, -0.2) is 4.98 Å². The van der Waals surface area contributed by atoms with Crippen molar-refractivity contribution in [2.24, 2.45) is 0 Å². The van der Waals surface area contributed by atoms with Crippen LogP contribution in [0.2, 0.25) is 0 Å². The highest BCUT2D eigenvalue weighted by Crippen LogP contribution is 2.34. The molecule has 2 amide bonds. The summed E-state index contributed by atoms with van der Waals surface area (Å²) in [5.41, 5.74) is 1.31. The first-order valence-corrected chi connectivity index (χ1v) is 10.9. The smallest absolute Gasteiger partial charge is 0.377 e. The molecule has 0 spiro atoms. The molecule has 2 aromatic carbocycles. The van der Waals surface area contributed by atoms with Gasteiger partial charge in [0.25, 0.3) is 5.91 Å². The van der Waals surface area contributed by atoms with E-state index < -0.39 is 11.7 Å². The molecular formula is C24H25F3N4O3. The van der Waals surface area contributed by atoms with E-state index in [2.05, 4.69) is 10.3 Å². The van der Waals surface area contributed by atoms with Crippen molar-refractivity contribution >= 4 is 28.5 Å². The lowest BCUT2D eigenvalue weighted by Crippen LogP contribution is -2.39. The first-order chi connectivity index (χ1) is 16.2. The number of benzene rings is 2. The number of anilines is 1. The number of ether oxygens (including phenoxy) is 1. The maximum atomic E-state index is 13.1. The Morgan fingerprint density at radius 3 is 2.38 bits per heavy atom. The number of aromatic nitrogens is 2. The highest BCUT2D eigenvalue weighted by Gasteiger charge is 2.32. The number of nitrogens with one attached hydrogen (secondary N) is 1. The average Bonchev–Trinajstić information content (AvgIpc) is 3.16. The largest absolute Gasteiger partial charge is 0.416 e. The number of carbonyl (C=O) groups excluding carboxylic acids is 2. The molecule has 1 aliphatic rings. The summed E-state index contributed by atoms with van der Waals surface area (Å²) >= 11 is 0. The standard InChI is InChI=1S/C24H25F3N4O3/c1-15(32)28-18-6-3-16(4-7-18)23(33)30-11-9-19(10-12-30)31-21-8-5-17(24(25,26)27)13-20(21)29-22(31)14-34-2/h3-8,13,19H,9-12,14H2,1-2H3,(H,28,32). The van der Waals surface area contributed by atoms with Crippen molar-refractivity contribution in [3.63, 3.8) is 0 Å². The minimum Gasteiger partial charge on any atom is -0.377 e. The van der Waals surface area contributed by atoms with Gasteiger partial charge in [-0.2, -0.15) is 13.2 Å². The summed E-state index contributed by atoms with van der Waals surface area (Å²) in [6.45, 7) is 2.60. The highest BCUT2D eigenvalue weighted by atomic mass is 19.4. The molecule has 0 aliphatic carbocycles. The molecule has 34 heavy (non-hydrogen) atoms. The highest BCUT2D eigenvalue weighted by molar-refractivity contribution is 5.95. The first-order valence-electron chi connectivity index (χ1n) is 10.9. The summed E-state index contributed by atoms with van der Waals surface area (Å²) in [6.07, 6.45) is -3.16. The fourth-order valence-corrected chi connectivity index (χ4v) is 4.37. The van der Waals surface area contributed by atoms with Gasteiger partial charge in [0.2, 0.25) is 5.91 Å². The molecule has 180 valence electrons. The number of carbonyl (C=O) groups is 2. The van der Waals surface area contributed by atoms with Gasteiger partial charge in [-0.15, -0.1) is 0 Å². The molecule has 0 atom stereocenters. The lowest BCUT2D eigenvalue weighted by molar-refractivity contribution is -0.137. The summed E-state index contributed by atoms with van der Waals surface area (Å²) in [7, 11) is 1.52. The molecule has 1 aliphatic heterocycles. The number of imidazole rings is 1. The minimum atomic E-state index is -4.44. The van der Waals surface area contributed by atoms with Crippen LogP contribution < -0.4 is 5.32 Å². The lowest BCUT2D eigenvalue weighted by Gasteiger charge is -2.33. The Hall–Kier alpha value is -3.40. The predicted molar refractivity (Wildman–Crippen MR) is 120 cm³/mol. The molecule has 10 heteroatoms. The normalized spacial score (nSPS) is 15.0. The molecule has 0 radical (unpaired) electrons. The first kappa shape index (κ1) is 23.7. The van der Waals surface area contributed by atoms with Gasteiger partial charge >= 0.3 is 6.18 Å². The van der Waals surface area contributed by atoms with Crippen molar-refractivity contribution in [3.05, 3.63) is 59.4 Å². The molecule has 0 bridgehead atoms. The van der Waals surface area contributed by atoms with Crippen molar-refractivity contribution in [2.75, 3.05) is 25.5 Å². The van der Waals surface area contributed by atoms with E-state index in [1.807, 2.05) is 4.57 Å². The number of halogens is 3. The number of piperidine rings is 1. The Kier molecular flexibility index (Phi) is 6.60. The summed E-state index contributed by atoms with van der Waals surface area (Å²) in [5, 5.41) is 2.67. The topological polar surface area (TPSA) is 76.5 Å². The maximum absolute atomic E-state index is 13.1. The van der Waals surface area contributed by atoms with E-state index in [4.69, 9.17) is 4.74 Å².